The molecule has 0 aromatic heterocycles. The maximum atomic E-state index is 14.2. The van der Waals surface area contributed by atoms with Gasteiger partial charge in [-0.1, -0.05) is 66.2 Å². The molecule has 0 aliphatic heterocycles. The average Bonchev–Trinajstić information content (AvgIpc) is 3.01. The Morgan fingerprint density at radius 3 is 2.15 bits per heavy atom. The number of aromatic carboxylic acids is 1. The number of aromatic hydroxyl groups is 1. The predicted molar refractivity (Wildman–Crippen MR) is 183 cm³/mol. The van der Waals surface area contributed by atoms with Gasteiger partial charge < -0.3 is 15.1 Å². The highest BCUT2D eigenvalue weighted by Gasteiger charge is 2.27. The third-order valence-corrected chi connectivity index (χ3v) is 9.02. The largest absolute Gasteiger partial charge is 0.507 e. The molecule has 236 valence electrons. The molecule has 10 heteroatoms. The fourth-order valence-corrected chi connectivity index (χ4v) is 6.59. The van der Waals surface area contributed by atoms with E-state index in [9.17, 15) is 28.6 Å². The Hall–Kier alpha value is -4.70. The Morgan fingerprint density at radius 2 is 1.50 bits per heavy atom. The van der Waals surface area contributed by atoms with E-state index >= 15 is 0 Å². The van der Waals surface area contributed by atoms with Gasteiger partial charge in [-0.2, -0.15) is 0 Å². The van der Waals surface area contributed by atoms with Crippen LogP contribution in [-0.4, -0.2) is 37.4 Å². The Labute approximate surface area is 274 Å². The molecule has 0 saturated heterocycles. The third kappa shape index (κ3) is 7.07. The number of hydrogen-bond acceptors (Lipinski definition) is 4. The number of halogens is 1. The lowest BCUT2D eigenvalue weighted by Gasteiger charge is -2.29. The molecule has 5 aromatic carbocycles. The number of hydrogen-bond donors (Lipinski definition) is 3. The van der Waals surface area contributed by atoms with E-state index in [2.05, 4.69) is 0 Å². The Balaban J connectivity index is 1.53. The molecule has 0 aliphatic carbocycles. The van der Waals surface area contributed by atoms with E-state index in [1.54, 1.807) is 0 Å². The molecule has 46 heavy (non-hydrogen) atoms. The van der Waals surface area contributed by atoms with Crippen LogP contribution >= 0.6 is 11.6 Å². The summed E-state index contributed by atoms with van der Waals surface area (Å²) in [6.45, 7) is 5.29. The molecule has 0 saturated carbocycles. The van der Waals surface area contributed by atoms with Crippen LogP contribution < -0.4 is 9.21 Å². The minimum absolute atomic E-state index is 0.0646. The molecular formula is C36H33ClN2O6S. The maximum absolute atomic E-state index is 14.2. The minimum atomic E-state index is -2.57. The van der Waals surface area contributed by atoms with Crippen LogP contribution in [-0.2, 0) is 29.0 Å². The predicted octanol–water partition coefficient (Wildman–Crippen LogP) is 7.59. The number of carboxylic acids is 1. The number of rotatable bonds is 10. The Bertz CT molecular complexity index is 1980. The average molecular weight is 657 g/mol. The molecule has 1 unspecified atom stereocenters. The molecule has 5 rings (SSSR count). The summed E-state index contributed by atoms with van der Waals surface area (Å²) in [6, 6.07) is 26.9. The van der Waals surface area contributed by atoms with Crippen molar-refractivity contribution in [2.24, 2.45) is 0 Å². The smallest absolute Gasteiger partial charge is 0.339 e. The molecule has 0 aliphatic rings. The van der Waals surface area contributed by atoms with E-state index in [0.29, 0.717) is 17.1 Å². The summed E-state index contributed by atoms with van der Waals surface area (Å²) in [4.78, 5) is 27.1. The van der Waals surface area contributed by atoms with Gasteiger partial charge in [-0.15, -0.1) is 0 Å². The molecule has 0 bridgehead atoms. The number of benzene rings is 5. The normalized spacial score (nSPS) is 11.8. The van der Waals surface area contributed by atoms with Crippen LogP contribution in [0.5, 0.6) is 5.75 Å². The highest BCUT2D eigenvalue weighted by molar-refractivity contribution is 7.80. The van der Waals surface area contributed by atoms with Crippen LogP contribution in [0.3, 0.4) is 0 Å². The number of carbonyl (C=O) groups excluding carboxylic acids is 1. The van der Waals surface area contributed by atoms with E-state index in [0.717, 1.165) is 48.5 Å². The number of carbonyl (C=O) groups is 2. The van der Waals surface area contributed by atoms with Gasteiger partial charge in [-0.3, -0.25) is 13.7 Å². The van der Waals surface area contributed by atoms with Crippen molar-refractivity contribution in [2.45, 2.75) is 33.7 Å². The van der Waals surface area contributed by atoms with E-state index in [1.165, 1.54) is 23.1 Å². The summed E-state index contributed by atoms with van der Waals surface area (Å²) in [7, 11) is 0. The van der Waals surface area contributed by atoms with Crippen molar-refractivity contribution >= 4 is 56.9 Å². The van der Waals surface area contributed by atoms with E-state index in [4.69, 9.17) is 11.6 Å². The summed E-state index contributed by atoms with van der Waals surface area (Å²) in [5.41, 5.74) is 5.68. The van der Waals surface area contributed by atoms with Crippen LogP contribution in [0.15, 0.2) is 91.0 Å². The number of carboxylic acid groups (broad SMARTS) is 1. The zero-order valence-corrected chi connectivity index (χ0v) is 27.1. The number of amides is 1. The summed E-state index contributed by atoms with van der Waals surface area (Å²) >= 11 is 3.51. The molecule has 5 aromatic rings. The summed E-state index contributed by atoms with van der Waals surface area (Å²) in [5.74, 6) is -2.34. The van der Waals surface area contributed by atoms with E-state index < -0.39 is 35.4 Å². The molecule has 3 N–H and O–H groups in total. The van der Waals surface area contributed by atoms with Gasteiger partial charge in [0, 0.05) is 16.8 Å². The highest BCUT2D eigenvalue weighted by atomic mass is 35.5. The standard InChI is InChI=1S/C36H33ClN2O6S/c1-22-16-23(2)35(24(3)32(22)18-25-9-12-29(37)13-10-25)39(46(44)45)21-34(41)38(30-14-15-31(36(42)43)33(40)19-30)20-26-8-11-27-6-4-5-7-28(27)17-26/h4-17,19,40H,18,20-21H2,1-3H3,(H,42,43)(H,44,45). The fourth-order valence-electron chi connectivity index (χ4n) is 5.81. The quantitative estimate of drug-likeness (QED) is 0.133. The molecule has 0 radical (unpaired) electrons. The molecule has 1 amide bonds. The van der Waals surface area contributed by atoms with Gasteiger partial charge in [0.2, 0.25) is 5.91 Å². The van der Waals surface area contributed by atoms with Crippen molar-refractivity contribution in [3.05, 3.63) is 135 Å². The fraction of sp³-hybridized carbons (Fsp3) is 0.167. The van der Waals surface area contributed by atoms with Crippen LogP contribution in [0.2, 0.25) is 5.02 Å². The van der Waals surface area contributed by atoms with Crippen LogP contribution in [0.4, 0.5) is 11.4 Å². The van der Waals surface area contributed by atoms with Gasteiger partial charge in [-0.25, -0.2) is 9.00 Å². The summed E-state index contributed by atoms with van der Waals surface area (Å²) < 4.78 is 24.6. The first-order chi connectivity index (χ1) is 21.9. The lowest BCUT2D eigenvalue weighted by Crippen LogP contribution is -2.41. The SMILES string of the molecule is Cc1cc(C)c(N(CC(=O)N(Cc2ccc3ccccc3c2)c2ccc(C(=O)O)c(O)c2)S(=O)O)c(C)c1Cc1ccc(Cl)cc1. The van der Waals surface area contributed by atoms with Gasteiger partial charge in [0.1, 0.15) is 17.9 Å². The molecule has 0 spiro atoms. The first-order valence-electron chi connectivity index (χ1n) is 14.5. The van der Waals surface area contributed by atoms with Crippen LogP contribution in [0, 0.1) is 20.8 Å². The first kappa shape index (κ1) is 32.7. The second-order valence-corrected chi connectivity index (χ2v) is 12.5. The molecular weight excluding hydrogens is 624 g/mol. The number of nitrogens with zero attached hydrogens (tertiary/aromatic N) is 2. The number of phenols is 1. The monoisotopic (exact) mass is 656 g/mol. The molecule has 1 atom stereocenters. The minimum Gasteiger partial charge on any atom is -0.507 e. The topological polar surface area (TPSA) is 118 Å². The summed E-state index contributed by atoms with van der Waals surface area (Å²) in [6.07, 6.45) is 0.561. The zero-order chi connectivity index (χ0) is 33.1. The summed E-state index contributed by atoms with van der Waals surface area (Å²) in [5, 5.41) is 22.5. The Morgan fingerprint density at radius 1 is 0.826 bits per heavy atom. The molecule has 0 heterocycles. The van der Waals surface area contributed by atoms with Crippen molar-refractivity contribution in [1.29, 1.82) is 0 Å². The highest BCUT2D eigenvalue weighted by Crippen LogP contribution is 2.34. The van der Waals surface area contributed by atoms with Crippen molar-refractivity contribution in [3.63, 3.8) is 0 Å². The van der Waals surface area contributed by atoms with Crippen LogP contribution in [0.1, 0.15) is 43.7 Å². The van der Waals surface area contributed by atoms with Gasteiger partial charge >= 0.3 is 5.97 Å². The number of aryl methyl sites for hydroxylation is 2. The van der Waals surface area contributed by atoms with Crippen molar-refractivity contribution < 1.29 is 28.6 Å². The second kappa shape index (κ2) is 13.7. The third-order valence-electron chi connectivity index (χ3n) is 8.08. The van der Waals surface area contributed by atoms with Crippen molar-refractivity contribution in [2.75, 3.05) is 15.7 Å². The number of fused-ring (bicyclic) bond motifs is 1. The van der Waals surface area contributed by atoms with Gasteiger partial charge in [0.05, 0.1) is 12.2 Å². The lowest BCUT2D eigenvalue weighted by molar-refractivity contribution is -0.117. The van der Waals surface area contributed by atoms with E-state index in [-0.39, 0.29) is 17.8 Å². The Kier molecular flexibility index (Phi) is 9.76. The van der Waals surface area contributed by atoms with Crippen molar-refractivity contribution in [1.82, 2.24) is 0 Å². The van der Waals surface area contributed by atoms with Gasteiger partial charge in [-0.05, 0) is 102 Å². The van der Waals surface area contributed by atoms with E-state index in [1.807, 2.05) is 93.6 Å². The lowest BCUT2D eigenvalue weighted by atomic mass is 9.92. The second-order valence-electron chi connectivity index (χ2n) is 11.2. The van der Waals surface area contributed by atoms with Gasteiger partial charge in [0.25, 0.3) is 11.3 Å². The first-order valence-corrected chi connectivity index (χ1v) is 15.9. The maximum Gasteiger partial charge on any atom is 0.339 e. The molecule has 0 fully saturated rings. The zero-order valence-electron chi connectivity index (χ0n) is 25.5. The number of anilines is 2. The van der Waals surface area contributed by atoms with Crippen LogP contribution in [0.25, 0.3) is 10.8 Å². The van der Waals surface area contributed by atoms with Gasteiger partial charge in [0.15, 0.2) is 0 Å². The molecule has 8 nitrogen and oxygen atoms in total. The van der Waals surface area contributed by atoms with Crippen molar-refractivity contribution in [3.8, 4) is 5.75 Å².